The molecule has 1 atom stereocenters. The third-order valence-electron chi connectivity index (χ3n) is 5.64. The zero-order valence-corrected chi connectivity index (χ0v) is 21.1. The number of aryl methyl sites for hydroxylation is 3. The molecule has 0 saturated heterocycles. The first-order chi connectivity index (χ1) is 15.7. The normalized spacial score (nSPS) is 12.3. The number of aromatic nitrogens is 3. The molecule has 1 amide bonds. The molecule has 1 unspecified atom stereocenters. The number of carbonyl (C=O) groups is 2. The Balaban J connectivity index is 1.64. The molecule has 0 aliphatic heterocycles. The number of anilines is 1. The molecule has 33 heavy (non-hydrogen) atoms. The molecule has 0 spiro atoms. The van der Waals surface area contributed by atoms with Gasteiger partial charge in [0, 0.05) is 10.3 Å². The number of amides is 1. The average molecular weight is 483 g/mol. The molecule has 0 bridgehead atoms. The Morgan fingerprint density at radius 1 is 1.18 bits per heavy atom. The molecule has 0 saturated carbocycles. The van der Waals surface area contributed by atoms with Crippen LogP contribution in [0, 0.1) is 27.7 Å². The van der Waals surface area contributed by atoms with Crippen molar-refractivity contribution in [3.8, 4) is 0 Å². The molecule has 4 rings (SSSR count). The van der Waals surface area contributed by atoms with Gasteiger partial charge in [0.25, 0.3) is 0 Å². The van der Waals surface area contributed by atoms with Crippen molar-refractivity contribution in [2.24, 2.45) is 0 Å². The lowest BCUT2D eigenvalue weighted by Crippen LogP contribution is -2.23. The zero-order chi connectivity index (χ0) is 23.9. The third-order valence-corrected chi connectivity index (χ3v) is 7.81. The van der Waals surface area contributed by atoms with Gasteiger partial charge in [-0.05, 0) is 64.3 Å². The number of hydrogen-bond donors (Lipinski definition) is 1. The summed E-state index contributed by atoms with van der Waals surface area (Å²) < 4.78 is 7.20. The highest BCUT2D eigenvalue weighted by Gasteiger charge is 2.25. The van der Waals surface area contributed by atoms with Crippen molar-refractivity contribution in [1.29, 1.82) is 0 Å². The average Bonchev–Trinajstić information content (AvgIpc) is 3.28. The van der Waals surface area contributed by atoms with Crippen LogP contribution in [0.5, 0.6) is 0 Å². The second-order valence-electron chi connectivity index (χ2n) is 7.93. The highest BCUT2D eigenvalue weighted by atomic mass is 32.2. The van der Waals surface area contributed by atoms with Gasteiger partial charge in [0.1, 0.15) is 5.00 Å². The van der Waals surface area contributed by atoms with E-state index in [1.165, 1.54) is 23.1 Å². The van der Waals surface area contributed by atoms with Crippen LogP contribution in [0.1, 0.15) is 45.8 Å². The number of thiophene rings is 1. The largest absolute Gasteiger partial charge is 0.462 e. The van der Waals surface area contributed by atoms with Gasteiger partial charge >= 0.3 is 5.97 Å². The summed E-state index contributed by atoms with van der Waals surface area (Å²) in [5.41, 5.74) is 5.29. The van der Waals surface area contributed by atoms with Crippen molar-refractivity contribution in [1.82, 2.24) is 14.6 Å². The van der Waals surface area contributed by atoms with Crippen LogP contribution >= 0.6 is 23.1 Å². The Kier molecular flexibility index (Phi) is 6.45. The Morgan fingerprint density at radius 2 is 1.94 bits per heavy atom. The van der Waals surface area contributed by atoms with Crippen LogP contribution in [-0.2, 0) is 9.53 Å². The van der Waals surface area contributed by atoms with Gasteiger partial charge in [0.05, 0.1) is 22.9 Å². The number of hydrogen-bond acceptors (Lipinski definition) is 7. The van der Waals surface area contributed by atoms with E-state index in [1.807, 2.05) is 37.3 Å². The maximum absolute atomic E-state index is 13.1. The maximum Gasteiger partial charge on any atom is 0.341 e. The number of carbonyl (C=O) groups excluding carboxylic acids is 2. The van der Waals surface area contributed by atoms with E-state index in [0.29, 0.717) is 15.7 Å². The van der Waals surface area contributed by atoms with E-state index in [1.54, 1.807) is 6.92 Å². The van der Waals surface area contributed by atoms with Gasteiger partial charge in [-0.25, -0.2) is 4.79 Å². The summed E-state index contributed by atoms with van der Waals surface area (Å²) in [5, 5.41) is 13.5. The molecule has 3 heterocycles. The SMILES string of the molecule is CCOC(=O)c1c(NC(=O)C(C)Sc2nnc3cc(C)c4cccc(C)c4n23)sc(C)c1C. The van der Waals surface area contributed by atoms with E-state index in [2.05, 4.69) is 41.5 Å². The molecule has 0 aliphatic rings. The number of ether oxygens (including phenoxy) is 1. The molecule has 0 aliphatic carbocycles. The molecule has 7 nitrogen and oxygen atoms in total. The molecule has 4 aromatic rings. The highest BCUT2D eigenvalue weighted by molar-refractivity contribution is 8.00. The van der Waals surface area contributed by atoms with Gasteiger partial charge in [-0.1, -0.05) is 30.0 Å². The second kappa shape index (κ2) is 9.15. The summed E-state index contributed by atoms with van der Waals surface area (Å²) in [6.07, 6.45) is 0. The molecule has 9 heteroatoms. The molecule has 0 fully saturated rings. The Morgan fingerprint density at radius 3 is 2.67 bits per heavy atom. The van der Waals surface area contributed by atoms with Gasteiger partial charge in [0.15, 0.2) is 10.8 Å². The van der Waals surface area contributed by atoms with Crippen molar-refractivity contribution >= 4 is 56.5 Å². The minimum atomic E-state index is -0.462. The van der Waals surface area contributed by atoms with Crippen molar-refractivity contribution in [2.45, 2.75) is 51.9 Å². The monoisotopic (exact) mass is 482 g/mol. The number of rotatable bonds is 6. The number of para-hydroxylation sites is 1. The van der Waals surface area contributed by atoms with Gasteiger partial charge in [-0.3, -0.25) is 9.20 Å². The fraction of sp³-hybridized carbons (Fsp3) is 0.333. The number of thioether (sulfide) groups is 1. The van der Waals surface area contributed by atoms with Crippen LogP contribution in [-0.4, -0.2) is 38.3 Å². The lowest BCUT2D eigenvalue weighted by atomic mass is 10.1. The van der Waals surface area contributed by atoms with Crippen LogP contribution in [0.2, 0.25) is 0 Å². The summed E-state index contributed by atoms with van der Waals surface area (Å²) >= 11 is 2.72. The van der Waals surface area contributed by atoms with E-state index in [0.717, 1.165) is 38.1 Å². The lowest BCUT2D eigenvalue weighted by Gasteiger charge is -2.13. The number of esters is 1. The summed E-state index contributed by atoms with van der Waals surface area (Å²) in [6.45, 7) is 11.8. The Bertz CT molecular complexity index is 1390. The van der Waals surface area contributed by atoms with Crippen LogP contribution in [0.4, 0.5) is 5.00 Å². The van der Waals surface area contributed by atoms with Crippen molar-refractivity contribution in [3.05, 3.63) is 51.4 Å². The van der Waals surface area contributed by atoms with E-state index in [-0.39, 0.29) is 12.5 Å². The standard InChI is InChI=1S/C24H26N4O3S2/c1-7-31-23(30)19-14(4)15(5)32-22(19)25-21(29)16(6)33-24-27-26-18-11-13(3)17-10-8-9-12(2)20(17)28(18)24/h8-11,16H,7H2,1-6H3,(H,25,29). The molecule has 3 aromatic heterocycles. The highest BCUT2D eigenvalue weighted by Crippen LogP contribution is 2.34. The van der Waals surface area contributed by atoms with Crippen molar-refractivity contribution in [2.75, 3.05) is 11.9 Å². The maximum atomic E-state index is 13.1. The first-order valence-electron chi connectivity index (χ1n) is 10.7. The minimum Gasteiger partial charge on any atom is -0.462 e. The second-order valence-corrected chi connectivity index (χ2v) is 10.5. The summed E-state index contributed by atoms with van der Waals surface area (Å²) in [4.78, 5) is 26.5. The predicted molar refractivity (Wildman–Crippen MR) is 134 cm³/mol. The van der Waals surface area contributed by atoms with Crippen LogP contribution < -0.4 is 5.32 Å². The van der Waals surface area contributed by atoms with Crippen molar-refractivity contribution in [3.63, 3.8) is 0 Å². The topological polar surface area (TPSA) is 85.6 Å². The summed E-state index contributed by atoms with van der Waals surface area (Å²) in [6, 6.07) is 8.19. The Labute approximate surface area is 200 Å². The smallest absolute Gasteiger partial charge is 0.341 e. The van der Waals surface area contributed by atoms with Gasteiger partial charge in [-0.2, -0.15) is 0 Å². The quantitative estimate of drug-likeness (QED) is 0.290. The summed E-state index contributed by atoms with van der Waals surface area (Å²) in [7, 11) is 0. The van der Waals surface area contributed by atoms with Crippen molar-refractivity contribution < 1.29 is 14.3 Å². The Hall–Kier alpha value is -2.91. The zero-order valence-electron chi connectivity index (χ0n) is 19.5. The fourth-order valence-corrected chi connectivity index (χ4v) is 5.71. The number of benzene rings is 1. The summed E-state index contributed by atoms with van der Waals surface area (Å²) in [5.74, 6) is -0.632. The minimum absolute atomic E-state index is 0.211. The van der Waals surface area contributed by atoms with Crippen LogP contribution in [0.15, 0.2) is 29.4 Å². The molecule has 1 N–H and O–H groups in total. The van der Waals surface area contributed by atoms with Gasteiger partial charge < -0.3 is 10.1 Å². The van der Waals surface area contributed by atoms with Gasteiger partial charge in [0.2, 0.25) is 5.91 Å². The first kappa shape index (κ1) is 23.3. The van der Waals surface area contributed by atoms with E-state index in [9.17, 15) is 9.59 Å². The van der Waals surface area contributed by atoms with Crippen LogP contribution in [0.25, 0.3) is 16.6 Å². The van der Waals surface area contributed by atoms with Crippen LogP contribution in [0.3, 0.4) is 0 Å². The number of nitrogens with one attached hydrogen (secondary N) is 1. The van der Waals surface area contributed by atoms with E-state index in [4.69, 9.17) is 4.74 Å². The lowest BCUT2D eigenvalue weighted by molar-refractivity contribution is -0.115. The molecule has 1 aromatic carbocycles. The van der Waals surface area contributed by atoms with E-state index < -0.39 is 11.2 Å². The van der Waals surface area contributed by atoms with E-state index >= 15 is 0 Å². The van der Waals surface area contributed by atoms with Gasteiger partial charge in [-0.15, -0.1) is 21.5 Å². The number of fused-ring (bicyclic) bond motifs is 3. The fourth-order valence-electron chi connectivity index (χ4n) is 3.80. The number of nitrogens with zero attached hydrogens (tertiary/aromatic N) is 3. The third kappa shape index (κ3) is 4.22. The molecule has 0 radical (unpaired) electrons. The molecule has 172 valence electrons. The first-order valence-corrected chi connectivity index (χ1v) is 12.4. The molecular weight excluding hydrogens is 456 g/mol. The number of pyridine rings is 1. The molecular formula is C24H26N4O3S2. The predicted octanol–water partition coefficient (Wildman–Crippen LogP) is 5.47.